The Labute approximate surface area is 112 Å². The summed E-state index contributed by atoms with van der Waals surface area (Å²) in [5, 5.41) is 5.34. The van der Waals surface area contributed by atoms with E-state index in [0.29, 0.717) is 6.01 Å². The van der Waals surface area contributed by atoms with E-state index in [1.165, 1.54) is 4.88 Å². The van der Waals surface area contributed by atoms with Gasteiger partial charge in [0.25, 0.3) is 6.01 Å². The first-order chi connectivity index (χ1) is 8.79. The van der Waals surface area contributed by atoms with Crippen LogP contribution in [0.25, 0.3) is 0 Å². The fraction of sp³-hybridized carbons (Fsp3) is 0.462. The molecule has 1 N–H and O–H groups in total. The largest absolute Gasteiger partial charge is 0.432 e. The van der Waals surface area contributed by atoms with Crippen LogP contribution in [0.4, 0.5) is 6.01 Å². The Morgan fingerprint density at radius 1 is 1.50 bits per heavy atom. The second kappa shape index (κ2) is 6.56. The smallest absolute Gasteiger partial charge is 0.297 e. The minimum Gasteiger partial charge on any atom is -0.432 e. The average molecular weight is 265 g/mol. The second-order valence-corrected chi connectivity index (χ2v) is 5.18. The van der Waals surface area contributed by atoms with Gasteiger partial charge in [0, 0.05) is 25.0 Å². The lowest BCUT2D eigenvalue weighted by Gasteiger charge is -2.13. The van der Waals surface area contributed by atoms with Gasteiger partial charge in [0.05, 0.1) is 5.69 Å². The molecule has 0 amide bonds. The van der Waals surface area contributed by atoms with E-state index in [2.05, 4.69) is 39.6 Å². The first-order valence-corrected chi connectivity index (χ1v) is 7.06. The fourth-order valence-corrected chi connectivity index (χ4v) is 2.33. The van der Waals surface area contributed by atoms with Gasteiger partial charge in [-0.1, -0.05) is 13.0 Å². The number of aromatic nitrogens is 1. The van der Waals surface area contributed by atoms with E-state index in [0.717, 1.165) is 31.7 Å². The molecule has 2 heterocycles. The van der Waals surface area contributed by atoms with Gasteiger partial charge in [0.15, 0.2) is 0 Å². The Balaban J connectivity index is 1.84. The maximum absolute atomic E-state index is 5.47. The van der Waals surface area contributed by atoms with Crippen LogP contribution in [0.2, 0.25) is 0 Å². The van der Waals surface area contributed by atoms with Crippen LogP contribution in [-0.2, 0) is 13.0 Å². The molecule has 0 spiro atoms. The molecule has 2 aromatic rings. The third-order valence-corrected chi connectivity index (χ3v) is 3.63. The first-order valence-electron chi connectivity index (χ1n) is 6.18. The summed E-state index contributed by atoms with van der Waals surface area (Å²) in [5.74, 6) is 0. The van der Waals surface area contributed by atoms with E-state index in [1.807, 2.05) is 7.05 Å². The summed E-state index contributed by atoms with van der Waals surface area (Å²) in [4.78, 5) is 7.89. The lowest BCUT2D eigenvalue weighted by molar-refractivity contribution is 0.544. The summed E-state index contributed by atoms with van der Waals surface area (Å²) in [5.41, 5.74) is 0.954. The highest BCUT2D eigenvalue weighted by atomic mass is 32.1. The number of anilines is 1. The molecule has 0 fully saturated rings. The summed E-state index contributed by atoms with van der Waals surface area (Å²) in [6.45, 7) is 4.70. The van der Waals surface area contributed by atoms with Crippen molar-refractivity contribution in [3.8, 4) is 0 Å². The van der Waals surface area contributed by atoms with Crippen LogP contribution >= 0.6 is 11.3 Å². The number of nitrogens with zero attached hydrogens (tertiary/aromatic N) is 2. The van der Waals surface area contributed by atoms with Gasteiger partial charge in [-0.15, -0.1) is 11.3 Å². The maximum atomic E-state index is 5.47. The molecule has 0 aliphatic rings. The zero-order valence-electron chi connectivity index (χ0n) is 10.8. The lowest BCUT2D eigenvalue weighted by atomic mass is 10.3. The molecule has 18 heavy (non-hydrogen) atoms. The van der Waals surface area contributed by atoms with Gasteiger partial charge >= 0.3 is 0 Å². The van der Waals surface area contributed by atoms with Crippen molar-refractivity contribution in [1.82, 2.24) is 10.3 Å². The van der Waals surface area contributed by atoms with Crippen LogP contribution in [0.15, 0.2) is 28.2 Å². The van der Waals surface area contributed by atoms with Crippen molar-refractivity contribution < 1.29 is 4.42 Å². The van der Waals surface area contributed by atoms with Gasteiger partial charge in [0.2, 0.25) is 0 Å². The molecular weight excluding hydrogens is 246 g/mol. The summed E-state index contributed by atoms with van der Waals surface area (Å²) < 4.78 is 5.47. The summed E-state index contributed by atoms with van der Waals surface area (Å²) >= 11 is 1.79. The van der Waals surface area contributed by atoms with Gasteiger partial charge in [-0.05, 0) is 24.4 Å². The average Bonchev–Trinajstić information content (AvgIpc) is 3.04. The van der Waals surface area contributed by atoms with Crippen LogP contribution in [0.3, 0.4) is 0 Å². The Kier molecular flexibility index (Phi) is 4.78. The van der Waals surface area contributed by atoms with Gasteiger partial charge in [0.1, 0.15) is 6.26 Å². The van der Waals surface area contributed by atoms with E-state index in [9.17, 15) is 0 Å². The van der Waals surface area contributed by atoms with E-state index in [-0.39, 0.29) is 0 Å². The molecule has 4 nitrogen and oxygen atoms in total. The Hall–Kier alpha value is -1.33. The normalized spacial score (nSPS) is 10.8. The third kappa shape index (κ3) is 3.58. The zero-order chi connectivity index (χ0) is 12.8. The quantitative estimate of drug-likeness (QED) is 0.835. The molecule has 0 saturated heterocycles. The van der Waals surface area contributed by atoms with Crippen LogP contribution in [0, 0.1) is 0 Å². The number of rotatable bonds is 7. The van der Waals surface area contributed by atoms with Gasteiger partial charge in [-0.2, -0.15) is 4.98 Å². The predicted molar refractivity (Wildman–Crippen MR) is 75.2 cm³/mol. The Morgan fingerprint density at radius 2 is 2.39 bits per heavy atom. The van der Waals surface area contributed by atoms with Crippen LogP contribution in [-0.4, -0.2) is 25.1 Å². The van der Waals surface area contributed by atoms with E-state index < -0.39 is 0 Å². The summed E-state index contributed by atoms with van der Waals surface area (Å²) in [6.07, 6.45) is 2.75. The summed E-state index contributed by atoms with van der Waals surface area (Å²) in [7, 11) is 2.01. The molecule has 0 radical (unpaired) electrons. The van der Waals surface area contributed by atoms with E-state index >= 15 is 0 Å². The highest BCUT2D eigenvalue weighted by Crippen LogP contribution is 2.14. The molecule has 0 atom stereocenters. The monoisotopic (exact) mass is 265 g/mol. The molecule has 0 bridgehead atoms. The van der Waals surface area contributed by atoms with Gasteiger partial charge in [-0.3, -0.25) is 0 Å². The van der Waals surface area contributed by atoms with Crippen LogP contribution in [0.5, 0.6) is 0 Å². The van der Waals surface area contributed by atoms with E-state index in [4.69, 9.17) is 4.42 Å². The van der Waals surface area contributed by atoms with Crippen LogP contribution < -0.4 is 10.2 Å². The number of hydrogen-bond donors (Lipinski definition) is 1. The SMILES string of the molecule is CCNCc1coc(N(C)CCc2cccs2)n1. The van der Waals surface area contributed by atoms with Crippen molar-refractivity contribution in [3.05, 3.63) is 34.3 Å². The number of oxazole rings is 1. The molecule has 0 unspecified atom stereocenters. The minimum atomic E-state index is 0.694. The molecule has 0 aliphatic carbocycles. The summed E-state index contributed by atoms with van der Waals surface area (Å²) in [6, 6.07) is 4.93. The lowest BCUT2D eigenvalue weighted by Crippen LogP contribution is -2.20. The molecule has 5 heteroatoms. The number of thiophene rings is 1. The topological polar surface area (TPSA) is 41.3 Å². The molecule has 2 rings (SSSR count). The highest BCUT2D eigenvalue weighted by Gasteiger charge is 2.08. The van der Waals surface area contributed by atoms with Gasteiger partial charge in [-0.25, -0.2) is 0 Å². The highest BCUT2D eigenvalue weighted by molar-refractivity contribution is 7.09. The maximum Gasteiger partial charge on any atom is 0.297 e. The second-order valence-electron chi connectivity index (χ2n) is 4.15. The molecule has 2 aromatic heterocycles. The third-order valence-electron chi connectivity index (χ3n) is 2.70. The fourth-order valence-electron chi connectivity index (χ4n) is 1.63. The minimum absolute atomic E-state index is 0.694. The molecule has 0 saturated carbocycles. The Bertz CT molecular complexity index is 453. The number of likely N-dealkylation sites (N-methyl/N-ethyl adjacent to an activating group) is 1. The van der Waals surface area contributed by atoms with Crippen molar-refractivity contribution in [3.63, 3.8) is 0 Å². The zero-order valence-corrected chi connectivity index (χ0v) is 11.7. The Morgan fingerprint density at radius 3 is 3.11 bits per heavy atom. The van der Waals surface area contributed by atoms with Crippen molar-refractivity contribution in [2.24, 2.45) is 0 Å². The number of hydrogen-bond acceptors (Lipinski definition) is 5. The van der Waals surface area contributed by atoms with Crippen molar-refractivity contribution in [1.29, 1.82) is 0 Å². The standard InChI is InChI=1S/C13H19N3OS/c1-3-14-9-11-10-17-13(15-11)16(2)7-6-12-5-4-8-18-12/h4-5,8,10,14H,3,6-7,9H2,1-2H3. The first kappa shape index (κ1) is 13.1. The molecule has 0 aromatic carbocycles. The van der Waals surface area contributed by atoms with Crippen LogP contribution in [0.1, 0.15) is 17.5 Å². The van der Waals surface area contributed by atoms with Crippen molar-refractivity contribution >= 4 is 17.4 Å². The molecule has 98 valence electrons. The van der Waals surface area contributed by atoms with Gasteiger partial charge < -0.3 is 14.6 Å². The van der Waals surface area contributed by atoms with Crippen molar-refractivity contribution in [2.45, 2.75) is 19.9 Å². The molecule has 0 aliphatic heterocycles. The number of nitrogens with one attached hydrogen (secondary N) is 1. The van der Waals surface area contributed by atoms with Crippen molar-refractivity contribution in [2.75, 3.05) is 25.0 Å². The van der Waals surface area contributed by atoms with E-state index in [1.54, 1.807) is 17.6 Å². The predicted octanol–water partition coefficient (Wildman–Crippen LogP) is 2.52. The molecular formula is C13H19N3OS.